The first kappa shape index (κ1) is 23.1. The van der Waals surface area contributed by atoms with E-state index in [0.717, 1.165) is 5.56 Å². The summed E-state index contributed by atoms with van der Waals surface area (Å²) in [6.07, 6.45) is 0.648. The van der Waals surface area contributed by atoms with Gasteiger partial charge in [-0.2, -0.15) is 0 Å². The number of carbonyl (C=O) groups excluding carboxylic acids is 3. The van der Waals surface area contributed by atoms with Crippen LogP contribution in [0, 0.1) is 5.92 Å². The lowest BCUT2D eigenvalue weighted by atomic mass is 10.0. The van der Waals surface area contributed by atoms with E-state index in [0.29, 0.717) is 17.7 Å². The van der Waals surface area contributed by atoms with Crippen LogP contribution in [0.2, 0.25) is 0 Å². The van der Waals surface area contributed by atoms with Gasteiger partial charge in [-0.3, -0.25) is 14.4 Å². The van der Waals surface area contributed by atoms with Crippen LogP contribution in [0.1, 0.15) is 36.2 Å². The Bertz CT molecular complexity index is 958. The van der Waals surface area contributed by atoms with Crippen LogP contribution in [-0.2, 0) is 16.0 Å². The molecule has 1 aliphatic heterocycles. The Kier molecular flexibility index (Phi) is 7.70. The first-order chi connectivity index (χ1) is 15.3. The summed E-state index contributed by atoms with van der Waals surface area (Å²) in [4.78, 5) is 38.9. The van der Waals surface area contributed by atoms with E-state index in [4.69, 9.17) is 4.74 Å². The van der Waals surface area contributed by atoms with E-state index in [1.54, 1.807) is 36.4 Å². The summed E-state index contributed by atoms with van der Waals surface area (Å²) in [7, 11) is 0. The highest BCUT2D eigenvalue weighted by atomic mass is 16.5. The van der Waals surface area contributed by atoms with Gasteiger partial charge >= 0.3 is 0 Å². The van der Waals surface area contributed by atoms with E-state index in [1.807, 2.05) is 13.8 Å². The lowest BCUT2D eigenvalue weighted by Crippen LogP contribution is -2.54. The number of benzene rings is 2. The van der Waals surface area contributed by atoms with Gasteiger partial charge in [0.25, 0.3) is 5.91 Å². The van der Waals surface area contributed by atoms with Gasteiger partial charge < -0.3 is 25.8 Å². The average molecular weight is 440 g/mol. The first-order valence-corrected chi connectivity index (χ1v) is 10.7. The number of fused-ring (bicyclic) bond motifs is 1. The number of rotatable bonds is 4. The van der Waals surface area contributed by atoms with Gasteiger partial charge in [0.2, 0.25) is 11.8 Å². The molecule has 2 aromatic rings. The number of amides is 3. The highest BCUT2D eigenvalue weighted by molar-refractivity contribution is 6.00. The fourth-order valence-corrected chi connectivity index (χ4v) is 3.53. The molecule has 0 fully saturated rings. The molecule has 32 heavy (non-hydrogen) atoms. The van der Waals surface area contributed by atoms with Crippen molar-refractivity contribution in [1.82, 2.24) is 16.0 Å². The molecule has 1 heterocycles. The fourth-order valence-electron chi connectivity index (χ4n) is 3.53. The number of carbonyl (C=O) groups is 3. The molecule has 2 atom stereocenters. The van der Waals surface area contributed by atoms with Crippen LogP contribution in [0.3, 0.4) is 0 Å². The number of ether oxygens (including phenoxy) is 1. The van der Waals surface area contributed by atoms with Crippen LogP contribution < -0.4 is 20.7 Å². The van der Waals surface area contributed by atoms with Gasteiger partial charge in [-0.05, 0) is 42.2 Å². The molecule has 2 aromatic carbocycles. The van der Waals surface area contributed by atoms with Crippen LogP contribution in [0.4, 0.5) is 0 Å². The molecule has 0 bridgehead atoms. The van der Waals surface area contributed by atoms with Gasteiger partial charge in [0.1, 0.15) is 30.2 Å². The zero-order valence-electron chi connectivity index (χ0n) is 18.3. The molecule has 0 saturated heterocycles. The van der Waals surface area contributed by atoms with Crippen LogP contribution >= 0.6 is 0 Å². The average Bonchev–Trinajstić information content (AvgIpc) is 2.77. The van der Waals surface area contributed by atoms with Gasteiger partial charge in [0.15, 0.2) is 0 Å². The molecule has 0 unspecified atom stereocenters. The number of aromatic hydroxyl groups is 1. The van der Waals surface area contributed by atoms with Crippen molar-refractivity contribution in [2.24, 2.45) is 5.92 Å². The number of hydrogen-bond acceptors (Lipinski definition) is 5. The Morgan fingerprint density at radius 1 is 0.969 bits per heavy atom. The quantitative estimate of drug-likeness (QED) is 0.579. The number of phenols is 1. The third-order valence-electron chi connectivity index (χ3n) is 5.13. The number of phenolic OH excluding ortho intramolecular Hbond substituents is 1. The van der Waals surface area contributed by atoms with Gasteiger partial charge in [-0.25, -0.2) is 0 Å². The van der Waals surface area contributed by atoms with E-state index in [9.17, 15) is 19.5 Å². The Balaban J connectivity index is 1.92. The minimum absolute atomic E-state index is 0.108. The maximum absolute atomic E-state index is 13.2. The zero-order chi connectivity index (χ0) is 23.1. The predicted molar refractivity (Wildman–Crippen MR) is 119 cm³/mol. The van der Waals surface area contributed by atoms with Crippen LogP contribution in [0.15, 0.2) is 48.5 Å². The minimum Gasteiger partial charge on any atom is -0.508 e. The molecule has 170 valence electrons. The highest BCUT2D eigenvalue weighted by Crippen LogP contribution is 2.19. The highest BCUT2D eigenvalue weighted by Gasteiger charge is 2.29. The maximum Gasteiger partial charge on any atom is 0.255 e. The van der Waals surface area contributed by atoms with E-state index in [-0.39, 0.29) is 37.1 Å². The SMILES string of the molecule is CC(C)C[C@H]1NC(=O)[C@H](Cc2ccc(O)cc2)NC(=O)c2ccccc2OCCNC1=O. The van der Waals surface area contributed by atoms with Gasteiger partial charge in [0.05, 0.1) is 12.1 Å². The van der Waals surface area contributed by atoms with E-state index < -0.39 is 23.9 Å². The molecule has 0 aliphatic carbocycles. The summed E-state index contributed by atoms with van der Waals surface area (Å²) in [6.45, 7) is 4.37. The fraction of sp³-hybridized carbons (Fsp3) is 0.375. The molecule has 8 nitrogen and oxygen atoms in total. The van der Waals surface area contributed by atoms with Crippen molar-refractivity contribution in [2.45, 2.75) is 38.8 Å². The molecule has 0 radical (unpaired) electrons. The van der Waals surface area contributed by atoms with Gasteiger partial charge in [-0.1, -0.05) is 38.1 Å². The van der Waals surface area contributed by atoms with Crippen LogP contribution in [0.25, 0.3) is 0 Å². The Hall–Kier alpha value is -3.55. The normalized spacial score (nSPS) is 19.9. The molecule has 8 heteroatoms. The summed E-state index contributed by atoms with van der Waals surface area (Å²) in [5, 5.41) is 17.9. The first-order valence-electron chi connectivity index (χ1n) is 10.7. The predicted octanol–water partition coefficient (Wildman–Crippen LogP) is 1.77. The summed E-state index contributed by atoms with van der Waals surface area (Å²) < 4.78 is 5.72. The molecule has 0 aromatic heterocycles. The van der Waals surface area contributed by atoms with Gasteiger partial charge in [-0.15, -0.1) is 0 Å². The van der Waals surface area contributed by atoms with Crippen molar-refractivity contribution in [2.75, 3.05) is 13.2 Å². The monoisotopic (exact) mass is 439 g/mol. The lowest BCUT2D eigenvalue weighted by Gasteiger charge is -2.24. The Morgan fingerprint density at radius 3 is 2.41 bits per heavy atom. The smallest absolute Gasteiger partial charge is 0.255 e. The second-order valence-electron chi connectivity index (χ2n) is 8.22. The van der Waals surface area contributed by atoms with Crippen LogP contribution in [-0.4, -0.2) is 48.1 Å². The molecule has 0 saturated carbocycles. The third-order valence-corrected chi connectivity index (χ3v) is 5.13. The Labute approximate surface area is 187 Å². The molecule has 1 aliphatic rings. The molecule has 3 rings (SSSR count). The minimum atomic E-state index is -0.927. The Morgan fingerprint density at radius 2 is 1.69 bits per heavy atom. The van der Waals surface area contributed by atoms with Gasteiger partial charge in [0, 0.05) is 6.42 Å². The lowest BCUT2D eigenvalue weighted by molar-refractivity contribution is -0.130. The number of para-hydroxylation sites is 1. The van der Waals surface area contributed by atoms with E-state index in [1.165, 1.54) is 12.1 Å². The second-order valence-corrected chi connectivity index (χ2v) is 8.22. The number of hydrogen-bond donors (Lipinski definition) is 4. The summed E-state index contributed by atoms with van der Waals surface area (Å²) in [5.41, 5.74) is 1.06. The van der Waals surface area contributed by atoms with Crippen molar-refractivity contribution in [3.63, 3.8) is 0 Å². The largest absolute Gasteiger partial charge is 0.508 e. The molecule has 0 spiro atoms. The summed E-state index contributed by atoms with van der Waals surface area (Å²) in [5.74, 6) is -0.536. The van der Waals surface area contributed by atoms with Crippen molar-refractivity contribution in [3.05, 3.63) is 59.7 Å². The van der Waals surface area contributed by atoms with Crippen molar-refractivity contribution in [3.8, 4) is 11.5 Å². The van der Waals surface area contributed by atoms with Crippen molar-refractivity contribution < 1.29 is 24.2 Å². The number of nitrogens with one attached hydrogen (secondary N) is 3. The molecular weight excluding hydrogens is 410 g/mol. The zero-order valence-corrected chi connectivity index (χ0v) is 18.3. The molecule has 3 amide bonds. The van der Waals surface area contributed by atoms with Crippen LogP contribution in [0.5, 0.6) is 11.5 Å². The summed E-state index contributed by atoms with van der Waals surface area (Å²) in [6, 6.07) is 11.5. The third kappa shape index (κ3) is 6.23. The van der Waals surface area contributed by atoms with E-state index >= 15 is 0 Å². The van der Waals surface area contributed by atoms with E-state index in [2.05, 4.69) is 16.0 Å². The maximum atomic E-state index is 13.2. The summed E-state index contributed by atoms with van der Waals surface area (Å²) >= 11 is 0. The molecular formula is C24H29N3O5. The van der Waals surface area contributed by atoms with Crippen molar-refractivity contribution >= 4 is 17.7 Å². The topological polar surface area (TPSA) is 117 Å². The second kappa shape index (κ2) is 10.7. The molecule has 4 N–H and O–H groups in total. The van der Waals surface area contributed by atoms with Crippen molar-refractivity contribution in [1.29, 1.82) is 0 Å². The standard InChI is InChI=1S/C24H29N3O5/c1-15(2)13-19-23(30)25-11-12-32-21-6-4-3-5-18(21)22(29)26-20(24(31)27-19)14-16-7-9-17(28)10-8-16/h3-10,15,19-20,28H,11-14H2,1-2H3,(H,25,30)(H,26,29)(H,27,31)/t19-,20+/m1/s1.